The van der Waals surface area contributed by atoms with Crippen LogP contribution < -0.4 is 0 Å². The van der Waals surface area contributed by atoms with Gasteiger partial charge in [0, 0.05) is 6.20 Å². The van der Waals surface area contributed by atoms with Crippen LogP contribution in [0, 0.1) is 11.3 Å². The van der Waals surface area contributed by atoms with Crippen molar-refractivity contribution in [3.8, 4) is 6.07 Å². The summed E-state index contributed by atoms with van der Waals surface area (Å²) in [6, 6.07) is 3.59. The van der Waals surface area contributed by atoms with Gasteiger partial charge in [-0.15, -0.1) is 0 Å². The average Bonchev–Trinajstić information content (AvgIpc) is 2.21. The van der Waals surface area contributed by atoms with E-state index in [0.717, 1.165) is 0 Å². The molecule has 0 aliphatic heterocycles. The number of aromatic nitrogens is 1. The van der Waals surface area contributed by atoms with Crippen molar-refractivity contribution < 1.29 is 9.53 Å². The third-order valence-corrected chi connectivity index (χ3v) is 2.52. The summed E-state index contributed by atoms with van der Waals surface area (Å²) in [7, 11) is 1.32. The van der Waals surface area contributed by atoms with Crippen molar-refractivity contribution in [2.75, 3.05) is 7.11 Å². The molecule has 0 saturated carbocycles. The first kappa shape index (κ1) is 10.7. The Hall–Kier alpha value is -1.41. The predicted octanol–water partition coefficient (Wildman–Crippen LogP) is 1.43. The number of carbonyl (C=O) groups is 1. The monoisotopic (exact) mass is 254 g/mol. The minimum absolute atomic E-state index is 0.133. The van der Waals surface area contributed by atoms with Crippen molar-refractivity contribution in [2.45, 2.75) is 6.42 Å². The zero-order valence-corrected chi connectivity index (χ0v) is 9.04. The zero-order valence-electron chi connectivity index (χ0n) is 7.45. The molecule has 0 amide bonds. The van der Waals surface area contributed by atoms with E-state index in [9.17, 15) is 4.79 Å². The van der Waals surface area contributed by atoms with Crippen LogP contribution in [0.15, 0.2) is 16.7 Å². The minimum atomic E-state index is -0.346. The molecule has 1 aromatic rings. The van der Waals surface area contributed by atoms with Crippen LogP contribution in [0.2, 0.25) is 0 Å². The number of pyridine rings is 1. The van der Waals surface area contributed by atoms with Crippen LogP contribution in [0.3, 0.4) is 0 Å². The standard InChI is InChI=1S/C9H7BrN2O2/c1-14-8(13)4-6-2-3-12-7(5-11)9(6)10/h2-3H,4H2,1H3. The quantitative estimate of drug-likeness (QED) is 0.750. The van der Waals surface area contributed by atoms with Gasteiger partial charge in [0.15, 0.2) is 5.69 Å². The Morgan fingerprint density at radius 3 is 3.07 bits per heavy atom. The number of hydrogen-bond acceptors (Lipinski definition) is 4. The number of hydrogen-bond donors (Lipinski definition) is 0. The van der Waals surface area contributed by atoms with Gasteiger partial charge in [0.25, 0.3) is 0 Å². The van der Waals surface area contributed by atoms with E-state index in [1.807, 2.05) is 6.07 Å². The molecule has 0 N–H and O–H groups in total. The van der Waals surface area contributed by atoms with Gasteiger partial charge in [0.2, 0.25) is 0 Å². The van der Waals surface area contributed by atoms with Gasteiger partial charge in [-0.25, -0.2) is 4.98 Å². The number of rotatable bonds is 2. The normalized spacial score (nSPS) is 9.21. The lowest BCUT2D eigenvalue weighted by Crippen LogP contribution is -2.05. The Bertz CT molecular complexity index is 398. The Balaban J connectivity index is 2.99. The molecule has 0 saturated heterocycles. The van der Waals surface area contributed by atoms with E-state index in [1.165, 1.54) is 13.3 Å². The van der Waals surface area contributed by atoms with Gasteiger partial charge in [0.05, 0.1) is 18.0 Å². The summed E-state index contributed by atoms with van der Waals surface area (Å²) in [5, 5.41) is 8.68. The Morgan fingerprint density at radius 2 is 2.50 bits per heavy atom. The summed E-state index contributed by atoms with van der Waals surface area (Å²) in [6.45, 7) is 0. The number of halogens is 1. The van der Waals surface area contributed by atoms with Gasteiger partial charge in [-0.1, -0.05) is 0 Å². The smallest absolute Gasteiger partial charge is 0.310 e. The van der Waals surface area contributed by atoms with Gasteiger partial charge in [-0.2, -0.15) is 5.26 Å². The van der Waals surface area contributed by atoms with Crippen LogP contribution >= 0.6 is 15.9 Å². The highest BCUT2D eigenvalue weighted by Gasteiger charge is 2.10. The molecule has 5 heteroatoms. The van der Waals surface area contributed by atoms with Crippen LogP contribution in [-0.4, -0.2) is 18.1 Å². The number of nitriles is 1. The molecule has 1 heterocycles. The highest BCUT2D eigenvalue weighted by atomic mass is 79.9. The van der Waals surface area contributed by atoms with E-state index >= 15 is 0 Å². The van der Waals surface area contributed by atoms with Crippen molar-refractivity contribution >= 4 is 21.9 Å². The second kappa shape index (κ2) is 4.72. The van der Waals surface area contributed by atoms with Crippen LogP contribution in [0.4, 0.5) is 0 Å². The predicted molar refractivity (Wildman–Crippen MR) is 52.4 cm³/mol. The van der Waals surface area contributed by atoms with Gasteiger partial charge in [-0.05, 0) is 27.6 Å². The molecule has 1 aromatic heterocycles. The molecule has 4 nitrogen and oxygen atoms in total. The summed E-state index contributed by atoms with van der Waals surface area (Å²) in [4.78, 5) is 14.8. The number of methoxy groups -OCH3 is 1. The summed E-state index contributed by atoms with van der Waals surface area (Å²) < 4.78 is 5.07. The lowest BCUT2D eigenvalue weighted by Gasteiger charge is -2.03. The first-order chi connectivity index (χ1) is 6.69. The second-order valence-electron chi connectivity index (χ2n) is 2.50. The number of carbonyl (C=O) groups excluding carboxylic acids is 1. The van der Waals surface area contributed by atoms with E-state index in [0.29, 0.717) is 10.0 Å². The van der Waals surface area contributed by atoms with Gasteiger partial charge in [0.1, 0.15) is 6.07 Å². The summed E-state index contributed by atoms with van der Waals surface area (Å²) in [5.74, 6) is -0.346. The molecule has 0 aromatic carbocycles. The van der Waals surface area contributed by atoms with Crippen LogP contribution in [-0.2, 0) is 16.0 Å². The molecule has 0 bridgehead atoms. The largest absolute Gasteiger partial charge is 0.469 e. The molecule has 0 radical (unpaired) electrons. The fourth-order valence-electron chi connectivity index (χ4n) is 0.926. The van der Waals surface area contributed by atoms with Crippen molar-refractivity contribution in [2.24, 2.45) is 0 Å². The van der Waals surface area contributed by atoms with Crippen molar-refractivity contribution in [1.29, 1.82) is 5.26 Å². The lowest BCUT2D eigenvalue weighted by molar-refractivity contribution is -0.139. The molecule has 72 valence electrons. The third-order valence-electron chi connectivity index (χ3n) is 1.64. The number of ether oxygens (including phenoxy) is 1. The maximum atomic E-state index is 11.0. The Labute approximate surface area is 89.6 Å². The van der Waals surface area contributed by atoms with Gasteiger partial charge in [-0.3, -0.25) is 4.79 Å². The lowest BCUT2D eigenvalue weighted by atomic mass is 10.2. The third kappa shape index (κ3) is 2.30. The molecule has 14 heavy (non-hydrogen) atoms. The maximum Gasteiger partial charge on any atom is 0.310 e. The molecular weight excluding hydrogens is 248 g/mol. The van der Waals surface area contributed by atoms with Crippen LogP contribution in [0.1, 0.15) is 11.3 Å². The van der Waals surface area contributed by atoms with Crippen LogP contribution in [0.25, 0.3) is 0 Å². The molecule has 0 fully saturated rings. The fourth-order valence-corrected chi connectivity index (χ4v) is 1.39. The van der Waals surface area contributed by atoms with E-state index in [-0.39, 0.29) is 18.1 Å². The summed E-state index contributed by atoms with van der Waals surface area (Å²) >= 11 is 3.21. The van der Waals surface area contributed by atoms with E-state index in [1.54, 1.807) is 6.07 Å². The zero-order chi connectivity index (χ0) is 10.6. The maximum absolute atomic E-state index is 11.0. The topological polar surface area (TPSA) is 63.0 Å². The molecule has 0 atom stereocenters. The molecule has 1 rings (SSSR count). The fraction of sp³-hybridized carbons (Fsp3) is 0.222. The van der Waals surface area contributed by atoms with E-state index < -0.39 is 0 Å². The first-order valence-corrected chi connectivity index (χ1v) is 4.58. The number of nitrogens with zero attached hydrogens (tertiary/aromatic N) is 2. The van der Waals surface area contributed by atoms with Gasteiger partial charge >= 0.3 is 5.97 Å². The van der Waals surface area contributed by atoms with Crippen molar-refractivity contribution in [3.63, 3.8) is 0 Å². The first-order valence-electron chi connectivity index (χ1n) is 3.79. The number of esters is 1. The van der Waals surface area contributed by atoms with E-state index in [4.69, 9.17) is 5.26 Å². The molecule has 0 aliphatic rings. The van der Waals surface area contributed by atoms with Gasteiger partial charge < -0.3 is 4.74 Å². The summed E-state index contributed by atoms with van der Waals surface area (Å²) in [5.41, 5.74) is 0.967. The second-order valence-corrected chi connectivity index (χ2v) is 3.29. The highest BCUT2D eigenvalue weighted by Crippen LogP contribution is 2.19. The molecule has 0 aliphatic carbocycles. The van der Waals surface area contributed by atoms with E-state index in [2.05, 4.69) is 25.7 Å². The molecule has 0 unspecified atom stereocenters. The SMILES string of the molecule is COC(=O)Cc1ccnc(C#N)c1Br. The molecule has 0 spiro atoms. The highest BCUT2D eigenvalue weighted by molar-refractivity contribution is 9.10. The Morgan fingerprint density at radius 1 is 1.79 bits per heavy atom. The minimum Gasteiger partial charge on any atom is -0.469 e. The van der Waals surface area contributed by atoms with Crippen LogP contribution in [0.5, 0.6) is 0 Å². The molecular formula is C9H7BrN2O2. The van der Waals surface area contributed by atoms with Crippen molar-refractivity contribution in [3.05, 3.63) is 28.0 Å². The average molecular weight is 255 g/mol. The Kier molecular flexibility index (Phi) is 3.60. The summed E-state index contributed by atoms with van der Waals surface area (Å²) in [6.07, 6.45) is 1.62. The van der Waals surface area contributed by atoms with Crippen molar-refractivity contribution in [1.82, 2.24) is 4.98 Å².